The van der Waals surface area contributed by atoms with E-state index in [-0.39, 0.29) is 17.4 Å². The normalized spacial score (nSPS) is 13.4. The van der Waals surface area contributed by atoms with Crippen molar-refractivity contribution in [3.63, 3.8) is 0 Å². The molecule has 1 N–H and O–H groups in total. The summed E-state index contributed by atoms with van der Waals surface area (Å²) in [6.07, 6.45) is 2.48. The van der Waals surface area contributed by atoms with Crippen LogP contribution in [0, 0.1) is 17.6 Å². The number of nitrogens with one attached hydrogen (secondary N) is 1. The van der Waals surface area contributed by atoms with Gasteiger partial charge in [0.25, 0.3) is 0 Å². The molecule has 0 fully saturated rings. The zero-order valence-corrected chi connectivity index (χ0v) is 12.8. The standard InChI is InChI=1S/C13H18ClF2NO2S/c1-2-3-10(6-7-14)9-17-20(18,19)11-4-5-12(15)13(16)8-11/h4-5,8,10,17H,2-3,6-7,9H2,1H3. The molecule has 0 saturated heterocycles. The molecule has 1 rings (SSSR count). The molecule has 0 radical (unpaired) electrons. The molecule has 1 atom stereocenters. The lowest BCUT2D eigenvalue weighted by Gasteiger charge is -2.15. The lowest BCUT2D eigenvalue weighted by atomic mass is 10.0. The second kappa shape index (κ2) is 7.90. The van der Waals surface area contributed by atoms with Crippen molar-refractivity contribution in [1.82, 2.24) is 4.72 Å². The Kier molecular flexibility index (Phi) is 6.85. The van der Waals surface area contributed by atoms with E-state index < -0.39 is 21.7 Å². The topological polar surface area (TPSA) is 46.2 Å². The van der Waals surface area contributed by atoms with Crippen LogP contribution in [-0.4, -0.2) is 20.8 Å². The quantitative estimate of drug-likeness (QED) is 0.745. The molecule has 0 heterocycles. The molecule has 3 nitrogen and oxygen atoms in total. The van der Waals surface area contributed by atoms with Crippen LogP contribution in [-0.2, 0) is 10.0 Å². The third-order valence-electron chi connectivity index (χ3n) is 2.98. The second-order valence-corrected chi connectivity index (χ2v) is 6.71. The van der Waals surface area contributed by atoms with Gasteiger partial charge in [-0.15, -0.1) is 11.6 Å². The van der Waals surface area contributed by atoms with E-state index in [2.05, 4.69) is 4.72 Å². The molecule has 1 unspecified atom stereocenters. The molecule has 0 aliphatic carbocycles. The van der Waals surface area contributed by atoms with Crippen molar-refractivity contribution in [2.24, 2.45) is 5.92 Å². The minimum Gasteiger partial charge on any atom is -0.211 e. The highest BCUT2D eigenvalue weighted by atomic mass is 35.5. The maximum absolute atomic E-state index is 13.1. The maximum atomic E-state index is 13.1. The molecule has 0 aliphatic rings. The van der Waals surface area contributed by atoms with E-state index in [4.69, 9.17) is 11.6 Å². The zero-order chi connectivity index (χ0) is 15.2. The van der Waals surface area contributed by atoms with E-state index in [0.29, 0.717) is 18.4 Å². The summed E-state index contributed by atoms with van der Waals surface area (Å²) in [4.78, 5) is -0.280. The first-order chi connectivity index (χ1) is 9.40. The van der Waals surface area contributed by atoms with Crippen LogP contribution in [0.15, 0.2) is 23.1 Å². The highest BCUT2D eigenvalue weighted by Gasteiger charge is 2.18. The molecule has 1 aromatic carbocycles. The Bertz CT molecular complexity index is 531. The van der Waals surface area contributed by atoms with Gasteiger partial charge in [-0.3, -0.25) is 0 Å². The summed E-state index contributed by atoms with van der Waals surface area (Å²) in [6, 6.07) is 2.51. The van der Waals surface area contributed by atoms with Crippen molar-refractivity contribution in [3.8, 4) is 0 Å². The van der Waals surface area contributed by atoms with Gasteiger partial charge in [-0.05, 0) is 37.0 Å². The van der Waals surface area contributed by atoms with Gasteiger partial charge in [0.05, 0.1) is 4.90 Å². The van der Waals surface area contributed by atoms with Crippen LogP contribution < -0.4 is 4.72 Å². The first-order valence-electron chi connectivity index (χ1n) is 6.41. The summed E-state index contributed by atoms with van der Waals surface area (Å²) in [7, 11) is -3.83. The summed E-state index contributed by atoms with van der Waals surface area (Å²) in [5.41, 5.74) is 0. The number of hydrogen-bond donors (Lipinski definition) is 1. The third-order valence-corrected chi connectivity index (χ3v) is 4.62. The van der Waals surface area contributed by atoms with Gasteiger partial charge >= 0.3 is 0 Å². The van der Waals surface area contributed by atoms with Crippen molar-refractivity contribution in [1.29, 1.82) is 0 Å². The van der Waals surface area contributed by atoms with E-state index in [1.54, 1.807) is 0 Å². The van der Waals surface area contributed by atoms with Gasteiger partial charge in [-0.2, -0.15) is 0 Å². The Balaban J connectivity index is 2.75. The summed E-state index contributed by atoms with van der Waals surface area (Å²) in [5, 5.41) is 0. The van der Waals surface area contributed by atoms with Crippen LogP contribution in [0.5, 0.6) is 0 Å². The van der Waals surface area contributed by atoms with Gasteiger partial charge in [-0.1, -0.05) is 13.3 Å². The van der Waals surface area contributed by atoms with Crippen molar-refractivity contribution in [2.75, 3.05) is 12.4 Å². The number of benzene rings is 1. The summed E-state index contributed by atoms with van der Waals surface area (Å²) in [6.45, 7) is 2.24. The fourth-order valence-corrected chi connectivity index (χ4v) is 3.30. The molecular weight excluding hydrogens is 308 g/mol. The molecule has 0 spiro atoms. The van der Waals surface area contributed by atoms with Gasteiger partial charge < -0.3 is 0 Å². The van der Waals surface area contributed by atoms with Crippen LogP contribution in [0.4, 0.5) is 8.78 Å². The Morgan fingerprint density at radius 1 is 1.25 bits per heavy atom. The van der Waals surface area contributed by atoms with Crippen LogP contribution in [0.3, 0.4) is 0 Å². The molecule has 1 aromatic rings. The third kappa shape index (κ3) is 5.00. The molecule has 0 aromatic heterocycles. The Labute approximate surface area is 123 Å². The average molecular weight is 326 g/mol. The van der Waals surface area contributed by atoms with Gasteiger partial charge in [0.1, 0.15) is 0 Å². The predicted molar refractivity (Wildman–Crippen MR) is 75.3 cm³/mol. The first kappa shape index (κ1) is 17.3. The van der Waals surface area contributed by atoms with E-state index >= 15 is 0 Å². The van der Waals surface area contributed by atoms with Crippen molar-refractivity contribution in [3.05, 3.63) is 29.8 Å². The van der Waals surface area contributed by atoms with E-state index in [0.717, 1.165) is 25.0 Å². The number of halogens is 3. The Morgan fingerprint density at radius 3 is 2.50 bits per heavy atom. The minimum absolute atomic E-state index is 0.137. The van der Waals surface area contributed by atoms with Crippen molar-refractivity contribution >= 4 is 21.6 Å². The molecule has 7 heteroatoms. The number of sulfonamides is 1. The van der Waals surface area contributed by atoms with Gasteiger partial charge in [0, 0.05) is 12.4 Å². The summed E-state index contributed by atoms with van der Waals surface area (Å²) >= 11 is 5.67. The zero-order valence-electron chi connectivity index (χ0n) is 11.2. The minimum atomic E-state index is -3.83. The van der Waals surface area contributed by atoms with E-state index in [1.165, 1.54) is 0 Å². The molecule has 0 bridgehead atoms. The predicted octanol–water partition coefficient (Wildman–Crippen LogP) is 3.29. The van der Waals surface area contributed by atoms with Crippen LogP contribution >= 0.6 is 11.6 Å². The van der Waals surface area contributed by atoms with Crippen molar-refractivity contribution in [2.45, 2.75) is 31.1 Å². The molecule has 114 valence electrons. The molecular formula is C13H18ClF2NO2S. The van der Waals surface area contributed by atoms with Crippen LogP contribution in [0.2, 0.25) is 0 Å². The van der Waals surface area contributed by atoms with E-state index in [9.17, 15) is 17.2 Å². The maximum Gasteiger partial charge on any atom is 0.240 e. The molecule has 0 amide bonds. The molecule has 0 saturated carbocycles. The van der Waals surface area contributed by atoms with Crippen LogP contribution in [0.1, 0.15) is 26.2 Å². The number of rotatable bonds is 8. The highest BCUT2D eigenvalue weighted by Crippen LogP contribution is 2.16. The smallest absolute Gasteiger partial charge is 0.211 e. The SMILES string of the molecule is CCCC(CCCl)CNS(=O)(=O)c1ccc(F)c(F)c1. The molecule has 0 aliphatic heterocycles. The fraction of sp³-hybridized carbons (Fsp3) is 0.538. The van der Waals surface area contributed by atoms with Gasteiger partial charge in [0.2, 0.25) is 10.0 Å². The summed E-state index contributed by atoms with van der Waals surface area (Å²) in [5.74, 6) is -1.66. The average Bonchev–Trinajstić information content (AvgIpc) is 2.39. The lowest BCUT2D eigenvalue weighted by Crippen LogP contribution is -2.29. The van der Waals surface area contributed by atoms with E-state index in [1.807, 2.05) is 6.92 Å². The Morgan fingerprint density at radius 2 is 1.95 bits per heavy atom. The van der Waals surface area contributed by atoms with Crippen molar-refractivity contribution < 1.29 is 17.2 Å². The molecule has 20 heavy (non-hydrogen) atoms. The lowest BCUT2D eigenvalue weighted by molar-refractivity contribution is 0.456. The number of hydrogen-bond acceptors (Lipinski definition) is 2. The largest absolute Gasteiger partial charge is 0.240 e. The Hall–Kier alpha value is -0.720. The van der Waals surface area contributed by atoms with Gasteiger partial charge in [0.15, 0.2) is 11.6 Å². The first-order valence-corrected chi connectivity index (χ1v) is 8.43. The fourth-order valence-electron chi connectivity index (χ4n) is 1.87. The van der Waals surface area contributed by atoms with Gasteiger partial charge in [-0.25, -0.2) is 21.9 Å². The summed E-state index contributed by atoms with van der Waals surface area (Å²) < 4.78 is 52.2. The second-order valence-electron chi connectivity index (χ2n) is 4.56. The highest BCUT2D eigenvalue weighted by molar-refractivity contribution is 7.89. The monoisotopic (exact) mass is 325 g/mol. The van der Waals surface area contributed by atoms with Crippen LogP contribution in [0.25, 0.3) is 0 Å². The number of alkyl halides is 1.